The van der Waals surface area contributed by atoms with Crippen molar-refractivity contribution in [2.75, 3.05) is 10.6 Å². The maximum Gasteiger partial charge on any atom is 0.204 e. The van der Waals surface area contributed by atoms with Crippen LogP contribution in [0.5, 0.6) is 0 Å². The summed E-state index contributed by atoms with van der Waals surface area (Å²) in [6.45, 7) is 0.775. The third-order valence-corrected chi connectivity index (χ3v) is 5.08. The van der Waals surface area contributed by atoms with Crippen LogP contribution in [-0.4, -0.2) is 26.2 Å². The zero-order valence-electron chi connectivity index (χ0n) is 15.7. The van der Waals surface area contributed by atoms with E-state index in [9.17, 15) is 0 Å². The van der Waals surface area contributed by atoms with Crippen LogP contribution in [0.2, 0.25) is 0 Å². The molecule has 2 aromatic carbocycles. The molecule has 0 spiro atoms. The zero-order chi connectivity index (χ0) is 18.5. The van der Waals surface area contributed by atoms with Crippen molar-refractivity contribution >= 4 is 11.4 Å². The Morgan fingerprint density at radius 2 is 1.81 bits per heavy atom. The number of hydrogen-bond acceptors (Lipinski definition) is 5. The summed E-state index contributed by atoms with van der Waals surface area (Å²) in [4.78, 5) is 1.49. The summed E-state index contributed by atoms with van der Waals surface area (Å²) in [6, 6.07) is 17.3. The van der Waals surface area contributed by atoms with Crippen LogP contribution < -0.4 is 10.6 Å². The second-order valence-electron chi connectivity index (χ2n) is 7.18. The molecule has 27 heavy (non-hydrogen) atoms. The average Bonchev–Trinajstić information content (AvgIpc) is 3.15. The fourth-order valence-corrected chi connectivity index (χ4v) is 3.62. The maximum absolute atomic E-state index is 4.33. The van der Waals surface area contributed by atoms with Gasteiger partial charge in [0.2, 0.25) is 5.82 Å². The molecule has 1 heterocycles. The molecular weight excluding hydrogens is 336 g/mol. The Labute approximate surface area is 160 Å². The van der Waals surface area contributed by atoms with Crippen LogP contribution in [0, 0.1) is 0 Å². The standard InChI is InChI=1S/C21H26N6/c1-27-25-21(24-26-27)17-12-13-19(23-18-10-6-3-7-11-18)20(14-17)22-15-16-8-4-2-5-9-16/h2,4-5,8-9,12-14,18,22-23H,3,6-7,10-11,15H2,1H3. The number of benzene rings is 2. The number of tetrazole rings is 1. The molecule has 1 saturated carbocycles. The molecule has 3 aromatic rings. The van der Waals surface area contributed by atoms with Crippen LogP contribution in [-0.2, 0) is 13.6 Å². The van der Waals surface area contributed by atoms with Crippen molar-refractivity contribution in [3.8, 4) is 11.4 Å². The molecule has 1 aliphatic rings. The molecule has 140 valence electrons. The number of aryl methyl sites for hydroxylation is 1. The Balaban J connectivity index is 1.58. The second kappa shape index (κ2) is 8.20. The Morgan fingerprint density at radius 3 is 2.56 bits per heavy atom. The van der Waals surface area contributed by atoms with Gasteiger partial charge in [0, 0.05) is 18.2 Å². The van der Waals surface area contributed by atoms with Crippen molar-refractivity contribution in [1.82, 2.24) is 20.2 Å². The molecule has 0 bridgehead atoms. The molecule has 0 amide bonds. The molecule has 2 N–H and O–H groups in total. The quantitative estimate of drug-likeness (QED) is 0.687. The lowest BCUT2D eigenvalue weighted by Crippen LogP contribution is -2.22. The van der Waals surface area contributed by atoms with Gasteiger partial charge in [-0.15, -0.1) is 10.2 Å². The number of rotatable bonds is 6. The van der Waals surface area contributed by atoms with Gasteiger partial charge in [-0.2, -0.15) is 4.80 Å². The third kappa shape index (κ3) is 4.45. The van der Waals surface area contributed by atoms with E-state index in [1.807, 2.05) is 6.07 Å². The number of nitrogens with one attached hydrogen (secondary N) is 2. The highest BCUT2D eigenvalue weighted by molar-refractivity contribution is 5.75. The molecule has 0 radical (unpaired) electrons. The van der Waals surface area contributed by atoms with E-state index < -0.39 is 0 Å². The normalized spacial score (nSPS) is 14.9. The van der Waals surface area contributed by atoms with Crippen LogP contribution in [0.25, 0.3) is 11.4 Å². The first kappa shape index (κ1) is 17.5. The molecule has 0 aliphatic heterocycles. The Kier molecular flexibility index (Phi) is 5.32. The minimum Gasteiger partial charge on any atom is -0.381 e. The van der Waals surface area contributed by atoms with E-state index in [1.54, 1.807) is 7.05 Å². The van der Waals surface area contributed by atoms with E-state index >= 15 is 0 Å². The molecule has 0 saturated heterocycles. The first-order valence-electron chi connectivity index (χ1n) is 9.71. The predicted octanol–water partition coefficient (Wildman–Crippen LogP) is 4.23. The number of anilines is 2. The summed E-state index contributed by atoms with van der Waals surface area (Å²) in [6.07, 6.45) is 6.46. The van der Waals surface area contributed by atoms with E-state index in [4.69, 9.17) is 0 Å². The van der Waals surface area contributed by atoms with Gasteiger partial charge >= 0.3 is 0 Å². The molecule has 6 heteroatoms. The predicted molar refractivity (Wildman–Crippen MR) is 108 cm³/mol. The lowest BCUT2D eigenvalue weighted by atomic mass is 9.95. The lowest BCUT2D eigenvalue weighted by Gasteiger charge is -2.25. The fraction of sp³-hybridized carbons (Fsp3) is 0.381. The van der Waals surface area contributed by atoms with E-state index in [-0.39, 0.29) is 0 Å². The minimum absolute atomic E-state index is 0.552. The average molecular weight is 362 g/mol. The smallest absolute Gasteiger partial charge is 0.204 e. The molecule has 1 fully saturated rings. The third-order valence-electron chi connectivity index (χ3n) is 5.08. The van der Waals surface area contributed by atoms with Gasteiger partial charge in [-0.05, 0) is 41.8 Å². The van der Waals surface area contributed by atoms with Gasteiger partial charge in [-0.25, -0.2) is 0 Å². The maximum atomic E-state index is 4.33. The van der Waals surface area contributed by atoms with Crippen molar-refractivity contribution in [2.45, 2.75) is 44.7 Å². The van der Waals surface area contributed by atoms with Crippen molar-refractivity contribution in [1.29, 1.82) is 0 Å². The Hall–Kier alpha value is -2.89. The van der Waals surface area contributed by atoms with Crippen molar-refractivity contribution in [2.24, 2.45) is 7.05 Å². The largest absolute Gasteiger partial charge is 0.381 e. The van der Waals surface area contributed by atoms with Crippen LogP contribution >= 0.6 is 0 Å². The highest BCUT2D eigenvalue weighted by Crippen LogP contribution is 2.30. The SMILES string of the molecule is Cn1nnc(-c2ccc(NC3CCCCC3)c(NCc3ccccc3)c2)n1. The van der Waals surface area contributed by atoms with E-state index in [1.165, 1.54) is 42.5 Å². The van der Waals surface area contributed by atoms with Crippen LogP contribution in [0.15, 0.2) is 48.5 Å². The molecule has 6 nitrogen and oxygen atoms in total. The van der Waals surface area contributed by atoms with Crippen molar-refractivity contribution < 1.29 is 0 Å². The molecular formula is C21H26N6. The summed E-state index contributed by atoms with van der Waals surface area (Å²) >= 11 is 0. The molecule has 1 aromatic heterocycles. The molecule has 4 rings (SSSR count). The summed E-state index contributed by atoms with van der Waals surface area (Å²) in [5.74, 6) is 0.643. The Morgan fingerprint density at radius 1 is 1.00 bits per heavy atom. The summed E-state index contributed by atoms with van der Waals surface area (Å²) in [5, 5.41) is 19.8. The van der Waals surface area contributed by atoms with Gasteiger partial charge in [0.15, 0.2) is 0 Å². The minimum atomic E-state index is 0.552. The first-order chi connectivity index (χ1) is 13.3. The summed E-state index contributed by atoms with van der Waals surface area (Å²) in [5.41, 5.74) is 4.44. The topological polar surface area (TPSA) is 67.7 Å². The molecule has 0 unspecified atom stereocenters. The number of nitrogens with zero attached hydrogens (tertiary/aromatic N) is 4. The van der Waals surface area contributed by atoms with Crippen LogP contribution in [0.3, 0.4) is 0 Å². The summed E-state index contributed by atoms with van der Waals surface area (Å²) in [7, 11) is 1.78. The zero-order valence-corrected chi connectivity index (χ0v) is 15.7. The summed E-state index contributed by atoms with van der Waals surface area (Å²) < 4.78 is 0. The van der Waals surface area contributed by atoms with Crippen LogP contribution in [0.1, 0.15) is 37.7 Å². The van der Waals surface area contributed by atoms with Crippen molar-refractivity contribution in [3.63, 3.8) is 0 Å². The van der Waals surface area contributed by atoms with E-state index in [0.29, 0.717) is 11.9 Å². The van der Waals surface area contributed by atoms with Gasteiger partial charge in [0.1, 0.15) is 0 Å². The highest BCUT2D eigenvalue weighted by Gasteiger charge is 2.16. The number of aromatic nitrogens is 4. The monoisotopic (exact) mass is 362 g/mol. The fourth-order valence-electron chi connectivity index (χ4n) is 3.62. The molecule has 0 atom stereocenters. The van der Waals surface area contributed by atoms with Crippen LogP contribution in [0.4, 0.5) is 11.4 Å². The highest BCUT2D eigenvalue weighted by atomic mass is 15.6. The first-order valence-corrected chi connectivity index (χ1v) is 9.71. The van der Waals surface area contributed by atoms with Gasteiger partial charge in [0.05, 0.1) is 18.4 Å². The van der Waals surface area contributed by atoms with Gasteiger partial charge in [-0.3, -0.25) is 0 Å². The Bertz CT molecular complexity index is 867. The molecule has 1 aliphatic carbocycles. The van der Waals surface area contributed by atoms with Gasteiger partial charge in [0.25, 0.3) is 0 Å². The second-order valence-corrected chi connectivity index (χ2v) is 7.18. The van der Waals surface area contributed by atoms with Gasteiger partial charge in [-0.1, -0.05) is 49.6 Å². The van der Waals surface area contributed by atoms with Gasteiger partial charge < -0.3 is 10.6 Å². The number of hydrogen-bond donors (Lipinski definition) is 2. The van der Waals surface area contributed by atoms with E-state index in [2.05, 4.69) is 68.5 Å². The van der Waals surface area contributed by atoms with Crippen molar-refractivity contribution in [3.05, 3.63) is 54.1 Å². The lowest BCUT2D eigenvalue weighted by molar-refractivity contribution is 0.463. The van der Waals surface area contributed by atoms with E-state index in [0.717, 1.165) is 23.5 Å².